The SMILES string of the molecule is CC(C)(C)OC(=O)N1[C@H](CCCCCCCCCC(O)CO)[C@@H](OCc2ccccc2)[C@H](OCc2ccccc2)[C@H]1COCc1ccccc1. The smallest absolute Gasteiger partial charge is 0.411 e. The second-order valence-corrected chi connectivity index (χ2v) is 14.4. The maximum absolute atomic E-state index is 14.2. The van der Waals surface area contributed by atoms with Gasteiger partial charge in [0.25, 0.3) is 0 Å². The molecule has 0 aromatic heterocycles. The van der Waals surface area contributed by atoms with Gasteiger partial charge in [-0.05, 0) is 50.3 Å². The number of nitrogens with zero attached hydrogens (tertiary/aromatic N) is 1. The molecule has 0 radical (unpaired) electrons. The molecule has 1 heterocycles. The fourth-order valence-electron chi connectivity index (χ4n) is 6.59. The van der Waals surface area contributed by atoms with Crippen LogP contribution in [0.15, 0.2) is 91.0 Å². The van der Waals surface area contributed by atoms with Gasteiger partial charge in [0.15, 0.2) is 0 Å². The summed E-state index contributed by atoms with van der Waals surface area (Å²) < 4.78 is 26.0. The third kappa shape index (κ3) is 13.5. The van der Waals surface area contributed by atoms with Gasteiger partial charge < -0.3 is 29.2 Å². The van der Waals surface area contributed by atoms with Crippen LogP contribution in [0.3, 0.4) is 0 Å². The third-order valence-corrected chi connectivity index (χ3v) is 9.12. The molecule has 0 bridgehead atoms. The van der Waals surface area contributed by atoms with E-state index in [1.165, 1.54) is 0 Å². The standard InChI is InChI=1S/C42H59NO7/c1-42(2,3)50-41(46)43-37(27-19-8-6-4-5-7-18-26-36(45)28-44)39(48-30-34-22-14-10-15-23-34)40(49-31-35-24-16-11-17-25-35)38(43)32-47-29-33-20-12-9-13-21-33/h9-17,20-25,36-40,44-45H,4-8,18-19,26-32H2,1-3H3/t36?,37-,38-,39-,40-/m1/s1. The number of amides is 1. The first-order valence-electron chi connectivity index (χ1n) is 18.5. The van der Waals surface area contributed by atoms with Crippen LogP contribution in [0, 0.1) is 0 Å². The lowest BCUT2D eigenvalue weighted by molar-refractivity contribution is -0.0869. The number of benzene rings is 3. The van der Waals surface area contributed by atoms with Crippen molar-refractivity contribution in [3.8, 4) is 0 Å². The molecule has 4 rings (SSSR count). The summed E-state index contributed by atoms with van der Waals surface area (Å²) in [7, 11) is 0. The van der Waals surface area contributed by atoms with Crippen molar-refractivity contribution in [3.63, 3.8) is 0 Å². The molecule has 8 heteroatoms. The van der Waals surface area contributed by atoms with Crippen LogP contribution in [0.1, 0.15) is 95.2 Å². The van der Waals surface area contributed by atoms with E-state index in [4.69, 9.17) is 24.1 Å². The summed E-state index contributed by atoms with van der Waals surface area (Å²) in [5.41, 5.74) is 2.51. The minimum absolute atomic E-state index is 0.171. The van der Waals surface area contributed by atoms with Crippen LogP contribution in [-0.2, 0) is 38.8 Å². The Labute approximate surface area is 299 Å². The van der Waals surface area contributed by atoms with E-state index >= 15 is 0 Å². The predicted octanol–water partition coefficient (Wildman–Crippen LogP) is 8.23. The van der Waals surface area contributed by atoms with E-state index in [0.717, 1.165) is 68.1 Å². The van der Waals surface area contributed by atoms with Crippen molar-refractivity contribution >= 4 is 6.09 Å². The fraction of sp³-hybridized carbons (Fsp3) is 0.548. The van der Waals surface area contributed by atoms with E-state index in [0.29, 0.717) is 26.2 Å². The maximum atomic E-state index is 14.2. The Hall–Kier alpha value is -3.27. The van der Waals surface area contributed by atoms with E-state index < -0.39 is 30.0 Å². The Kier molecular flexibility index (Phi) is 16.7. The van der Waals surface area contributed by atoms with Crippen molar-refractivity contribution in [2.45, 2.75) is 134 Å². The molecule has 1 unspecified atom stereocenters. The van der Waals surface area contributed by atoms with Crippen molar-refractivity contribution < 1.29 is 34.0 Å². The van der Waals surface area contributed by atoms with Gasteiger partial charge in [0, 0.05) is 0 Å². The van der Waals surface area contributed by atoms with Gasteiger partial charge in [0.1, 0.15) is 17.8 Å². The fourth-order valence-corrected chi connectivity index (χ4v) is 6.59. The summed E-state index contributed by atoms with van der Waals surface area (Å²) in [5.74, 6) is 0. The number of rotatable bonds is 21. The molecular formula is C42H59NO7. The topological polar surface area (TPSA) is 97.7 Å². The molecule has 0 aliphatic carbocycles. The first-order chi connectivity index (χ1) is 24.2. The molecule has 0 saturated carbocycles. The second-order valence-electron chi connectivity index (χ2n) is 14.4. The monoisotopic (exact) mass is 689 g/mol. The van der Waals surface area contributed by atoms with Crippen LogP contribution >= 0.6 is 0 Å². The zero-order valence-corrected chi connectivity index (χ0v) is 30.3. The van der Waals surface area contributed by atoms with Gasteiger partial charge in [0.05, 0.1) is 51.2 Å². The highest BCUT2D eigenvalue weighted by Gasteiger charge is 2.53. The van der Waals surface area contributed by atoms with Crippen LogP contribution in [0.2, 0.25) is 0 Å². The molecule has 1 aliphatic rings. The lowest BCUT2D eigenvalue weighted by Crippen LogP contribution is -2.48. The highest BCUT2D eigenvalue weighted by Crippen LogP contribution is 2.36. The molecule has 3 aromatic rings. The van der Waals surface area contributed by atoms with E-state index in [2.05, 4.69) is 12.1 Å². The van der Waals surface area contributed by atoms with Crippen LogP contribution in [0.5, 0.6) is 0 Å². The molecule has 274 valence electrons. The molecule has 1 saturated heterocycles. The molecule has 1 aliphatic heterocycles. The molecule has 5 atom stereocenters. The Bertz CT molecular complexity index is 1330. The first-order valence-corrected chi connectivity index (χ1v) is 18.5. The number of hydrogen-bond acceptors (Lipinski definition) is 7. The summed E-state index contributed by atoms with van der Waals surface area (Å²) in [5, 5.41) is 18.6. The summed E-state index contributed by atoms with van der Waals surface area (Å²) in [6.45, 7) is 7.00. The number of aliphatic hydroxyl groups is 2. The average Bonchev–Trinajstić information content (AvgIpc) is 3.41. The van der Waals surface area contributed by atoms with Gasteiger partial charge in [0.2, 0.25) is 0 Å². The van der Waals surface area contributed by atoms with Crippen molar-refractivity contribution in [3.05, 3.63) is 108 Å². The number of hydrogen-bond donors (Lipinski definition) is 2. The minimum Gasteiger partial charge on any atom is -0.444 e. The first kappa shape index (κ1) is 39.5. The highest BCUT2D eigenvalue weighted by molar-refractivity contribution is 5.70. The number of aliphatic hydroxyl groups excluding tert-OH is 2. The van der Waals surface area contributed by atoms with Gasteiger partial charge >= 0.3 is 6.09 Å². The second kappa shape index (κ2) is 21.2. The summed E-state index contributed by atoms with van der Waals surface area (Å²) in [4.78, 5) is 16.0. The third-order valence-electron chi connectivity index (χ3n) is 9.12. The Balaban J connectivity index is 1.54. The Morgan fingerprint density at radius 2 is 1.14 bits per heavy atom. The predicted molar refractivity (Wildman–Crippen MR) is 196 cm³/mol. The van der Waals surface area contributed by atoms with E-state index in [1.54, 1.807) is 0 Å². The summed E-state index contributed by atoms with van der Waals surface area (Å²) in [6, 6.07) is 29.6. The summed E-state index contributed by atoms with van der Waals surface area (Å²) in [6.07, 6.45) is 6.82. The normalized spacial score (nSPS) is 19.8. The van der Waals surface area contributed by atoms with Gasteiger partial charge in [-0.15, -0.1) is 0 Å². The van der Waals surface area contributed by atoms with Gasteiger partial charge in [-0.2, -0.15) is 0 Å². The van der Waals surface area contributed by atoms with Crippen molar-refractivity contribution in [1.29, 1.82) is 0 Å². The molecule has 0 spiro atoms. The lowest BCUT2D eigenvalue weighted by Gasteiger charge is -2.33. The molecule has 2 N–H and O–H groups in total. The van der Waals surface area contributed by atoms with Crippen molar-refractivity contribution in [1.82, 2.24) is 4.90 Å². The Morgan fingerprint density at radius 1 is 0.680 bits per heavy atom. The maximum Gasteiger partial charge on any atom is 0.411 e. The molecule has 3 aromatic carbocycles. The number of likely N-dealkylation sites (tertiary alicyclic amines) is 1. The van der Waals surface area contributed by atoms with Crippen LogP contribution in [0.25, 0.3) is 0 Å². The van der Waals surface area contributed by atoms with Crippen LogP contribution in [-0.4, -0.2) is 70.4 Å². The van der Waals surface area contributed by atoms with Crippen molar-refractivity contribution in [2.75, 3.05) is 13.2 Å². The molecule has 8 nitrogen and oxygen atoms in total. The van der Waals surface area contributed by atoms with Crippen molar-refractivity contribution in [2.24, 2.45) is 0 Å². The molecule has 1 fully saturated rings. The van der Waals surface area contributed by atoms with Gasteiger partial charge in [-0.1, -0.05) is 136 Å². The van der Waals surface area contributed by atoms with E-state index in [9.17, 15) is 9.90 Å². The number of carbonyl (C=O) groups is 1. The number of carbonyl (C=O) groups excluding carboxylic acids is 1. The zero-order chi connectivity index (χ0) is 35.6. The highest BCUT2D eigenvalue weighted by atomic mass is 16.6. The lowest BCUT2D eigenvalue weighted by atomic mass is 10.00. The Morgan fingerprint density at radius 3 is 1.64 bits per heavy atom. The largest absolute Gasteiger partial charge is 0.444 e. The van der Waals surface area contributed by atoms with E-state index in [-0.39, 0.29) is 25.3 Å². The van der Waals surface area contributed by atoms with Gasteiger partial charge in [-0.3, -0.25) is 4.90 Å². The molecule has 50 heavy (non-hydrogen) atoms. The summed E-state index contributed by atoms with van der Waals surface area (Å²) >= 11 is 0. The minimum atomic E-state index is -0.673. The van der Waals surface area contributed by atoms with Crippen LogP contribution in [0.4, 0.5) is 4.79 Å². The zero-order valence-electron chi connectivity index (χ0n) is 30.3. The van der Waals surface area contributed by atoms with Gasteiger partial charge in [-0.25, -0.2) is 4.79 Å². The van der Waals surface area contributed by atoms with E-state index in [1.807, 2.05) is 105 Å². The molecular weight excluding hydrogens is 630 g/mol. The number of unbranched alkanes of at least 4 members (excludes halogenated alkanes) is 6. The quantitative estimate of drug-likeness (QED) is 0.109. The average molecular weight is 690 g/mol. The molecule has 1 amide bonds. The number of ether oxygens (including phenoxy) is 4. The van der Waals surface area contributed by atoms with Crippen LogP contribution < -0.4 is 0 Å².